The lowest BCUT2D eigenvalue weighted by atomic mass is 9.99. The van der Waals surface area contributed by atoms with Gasteiger partial charge in [-0.2, -0.15) is 0 Å². The number of nitrogens with zero attached hydrogens (tertiary/aromatic N) is 3. The summed E-state index contributed by atoms with van der Waals surface area (Å²) in [6, 6.07) is 16.5. The molecule has 2 heterocycles. The topological polar surface area (TPSA) is 106 Å². The SMILES string of the molecule is CCN(CC)CCNC(=O)c1c(C)[nH]c(-c2nc3ccc(CCCN(CC)CCN)cc3[nH]2)c1-c1ccccc1. The lowest BCUT2D eigenvalue weighted by molar-refractivity contribution is 0.0949. The summed E-state index contributed by atoms with van der Waals surface area (Å²) >= 11 is 0. The minimum atomic E-state index is -0.0693. The van der Waals surface area contributed by atoms with Crippen molar-refractivity contribution in [3.05, 3.63) is 65.4 Å². The average Bonchev–Trinajstić information content (AvgIpc) is 3.55. The molecule has 4 rings (SSSR count). The molecule has 0 aliphatic heterocycles. The van der Waals surface area contributed by atoms with Crippen LogP contribution >= 0.6 is 0 Å². The van der Waals surface area contributed by atoms with Crippen LogP contribution in [-0.2, 0) is 6.42 Å². The van der Waals surface area contributed by atoms with Crippen molar-refractivity contribution in [2.24, 2.45) is 5.73 Å². The van der Waals surface area contributed by atoms with E-state index in [9.17, 15) is 4.79 Å². The van der Waals surface area contributed by atoms with Crippen molar-refractivity contribution in [1.82, 2.24) is 30.1 Å². The van der Waals surface area contributed by atoms with Gasteiger partial charge < -0.3 is 30.8 Å². The Labute approximate surface area is 238 Å². The molecule has 8 heteroatoms. The van der Waals surface area contributed by atoms with Gasteiger partial charge in [0, 0.05) is 37.4 Å². The number of nitrogens with two attached hydrogens (primary N) is 1. The first-order chi connectivity index (χ1) is 19.5. The van der Waals surface area contributed by atoms with Crippen LogP contribution in [0.1, 0.15) is 48.8 Å². The molecule has 0 atom stereocenters. The fourth-order valence-electron chi connectivity index (χ4n) is 5.38. The summed E-state index contributed by atoms with van der Waals surface area (Å²) in [6.07, 6.45) is 2.08. The molecule has 5 N–H and O–H groups in total. The van der Waals surface area contributed by atoms with Crippen molar-refractivity contribution in [2.45, 2.75) is 40.5 Å². The van der Waals surface area contributed by atoms with Crippen molar-refractivity contribution < 1.29 is 4.79 Å². The predicted octanol–water partition coefficient (Wildman–Crippen LogP) is 4.82. The van der Waals surface area contributed by atoms with Crippen molar-refractivity contribution in [2.75, 3.05) is 52.4 Å². The third-order valence-corrected chi connectivity index (χ3v) is 7.70. The molecule has 0 aliphatic carbocycles. The number of hydrogen-bond acceptors (Lipinski definition) is 5. The summed E-state index contributed by atoms with van der Waals surface area (Å²) < 4.78 is 0. The van der Waals surface area contributed by atoms with Gasteiger partial charge in [-0.3, -0.25) is 4.79 Å². The van der Waals surface area contributed by atoms with Crippen LogP contribution in [0.3, 0.4) is 0 Å². The molecule has 40 heavy (non-hydrogen) atoms. The highest BCUT2D eigenvalue weighted by Crippen LogP contribution is 2.36. The van der Waals surface area contributed by atoms with Crippen LogP contribution in [0.25, 0.3) is 33.7 Å². The first kappa shape index (κ1) is 29.5. The molecule has 214 valence electrons. The van der Waals surface area contributed by atoms with Crippen molar-refractivity contribution >= 4 is 16.9 Å². The summed E-state index contributed by atoms with van der Waals surface area (Å²) in [4.78, 5) is 30.2. The van der Waals surface area contributed by atoms with Gasteiger partial charge in [0.05, 0.1) is 22.3 Å². The standard InChI is InChI=1S/C32H45N7O/c1-5-38(6-2)21-18-34-32(40)28-23(4)35-30(29(28)25-13-9-8-10-14-25)31-36-26-16-15-24(22-27(26)37-31)12-11-19-39(7-3)20-17-33/h8-10,13-16,22,35H,5-7,11-12,17-21,33H2,1-4H3,(H,34,40)(H,36,37). The monoisotopic (exact) mass is 543 g/mol. The molecular weight excluding hydrogens is 498 g/mol. The number of amides is 1. The number of hydrogen-bond donors (Lipinski definition) is 4. The van der Waals surface area contributed by atoms with E-state index in [1.54, 1.807) is 0 Å². The van der Waals surface area contributed by atoms with Gasteiger partial charge in [-0.05, 0) is 69.2 Å². The Balaban J connectivity index is 1.61. The average molecular weight is 544 g/mol. The van der Waals surface area contributed by atoms with E-state index in [-0.39, 0.29) is 5.91 Å². The first-order valence-corrected chi connectivity index (χ1v) is 14.7. The van der Waals surface area contributed by atoms with Crippen LogP contribution in [0.15, 0.2) is 48.5 Å². The van der Waals surface area contributed by atoms with Gasteiger partial charge in [-0.25, -0.2) is 4.98 Å². The number of H-pyrrole nitrogens is 2. The van der Waals surface area contributed by atoms with Crippen molar-refractivity contribution in [3.63, 3.8) is 0 Å². The molecule has 0 saturated carbocycles. The Morgan fingerprint density at radius 3 is 2.40 bits per heavy atom. The molecule has 0 saturated heterocycles. The normalized spacial score (nSPS) is 11.7. The zero-order valence-electron chi connectivity index (χ0n) is 24.5. The molecule has 0 aliphatic rings. The van der Waals surface area contributed by atoms with Crippen LogP contribution in [0.5, 0.6) is 0 Å². The van der Waals surface area contributed by atoms with E-state index in [4.69, 9.17) is 10.7 Å². The quantitative estimate of drug-likeness (QED) is 0.172. The fraction of sp³-hybridized carbons (Fsp3) is 0.438. The van der Waals surface area contributed by atoms with E-state index in [2.05, 4.69) is 64.1 Å². The molecule has 2 aromatic carbocycles. The molecule has 8 nitrogen and oxygen atoms in total. The minimum Gasteiger partial charge on any atom is -0.355 e. The minimum absolute atomic E-state index is 0.0693. The number of fused-ring (bicyclic) bond motifs is 1. The van der Waals surface area contributed by atoms with Gasteiger partial charge in [0.1, 0.15) is 0 Å². The van der Waals surface area contributed by atoms with Crippen LogP contribution in [0.2, 0.25) is 0 Å². The molecule has 4 aromatic rings. The molecule has 0 unspecified atom stereocenters. The summed E-state index contributed by atoms with van der Waals surface area (Å²) in [5.74, 6) is 0.663. The van der Waals surface area contributed by atoms with Gasteiger partial charge in [0.2, 0.25) is 0 Å². The second-order valence-corrected chi connectivity index (χ2v) is 10.3. The molecule has 0 radical (unpaired) electrons. The maximum atomic E-state index is 13.5. The molecule has 0 bridgehead atoms. The Bertz CT molecular complexity index is 1370. The predicted molar refractivity (Wildman–Crippen MR) is 166 cm³/mol. The highest BCUT2D eigenvalue weighted by atomic mass is 16.1. The Morgan fingerprint density at radius 1 is 0.950 bits per heavy atom. The summed E-state index contributed by atoms with van der Waals surface area (Å²) in [5.41, 5.74) is 13.1. The van der Waals surface area contributed by atoms with Crippen molar-refractivity contribution in [3.8, 4) is 22.6 Å². The summed E-state index contributed by atoms with van der Waals surface area (Å²) in [7, 11) is 0. The second kappa shape index (κ2) is 14.3. The van der Waals surface area contributed by atoms with Gasteiger partial charge in [0.15, 0.2) is 5.82 Å². The largest absolute Gasteiger partial charge is 0.355 e. The molecule has 1 amide bonds. The van der Waals surface area contributed by atoms with Gasteiger partial charge in [0.25, 0.3) is 5.91 Å². The number of likely N-dealkylation sites (N-methyl/N-ethyl adjacent to an activating group) is 2. The third kappa shape index (κ3) is 6.99. The number of carbonyl (C=O) groups excluding carboxylic acids is 1. The molecule has 2 aromatic heterocycles. The summed E-state index contributed by atoms with van der Waals surface area (Å²) in [6.45, 7) is 15.5. The number of nitrogens with one attached hydrogen (secondary N) is 3. The number of aromatic amines is 2. The Kier molecular flexibility index (Phi) is 10.5. The number of imidazole rings is 1. The maximum Gasteiger partial charge on any atom is 0.253 e. The van der Waals surface area contributed by atoms with E-state index in [1.807, 2.05) is 37.3 Å². The van der Waals surface area contributed by atoms with Crippen LogP contribution < -0.4 is 11.1 Å². The van der Waals surface area contributed by atoms with Crippen molar-refractivity contribution in [1.29, 1.82) is 0 Å². The lowest BCUT2D eigenvalue weighted by Gasteiger charge is -2.19. The molecule has 0 fully saturated rings. The van der Waals surface area contributed by atoms with Gasteiger partial charge in [-0.15, -0.1) is 0 Å². The van der Waals surface area contributed by atoms with Gasteiger partial charge >= 0.3 is 0 Å². The number of carbonyl (C=O) groups is 1. The number of aryl methyl sites for hydroxylation is 2. The number of aromatic nitrogens is 3. The highest BCUT2D eigenvalue weighted by Gasteiger charge is 2.25. The zero-order chi connectivity index (χ0) is 28.5. The van der Waals surface area contributed by atoms with E-state index in [0.717, 1.165) is 91.5 Å². The lowest BCUT2D eigenvalue weighted by Crippen LogP contribution is -2.35. The second-order valence-electron chi connectivity index (χ2n) is 10.3. The molecule has 0 spiro atoms. The number of rotatable bonds is 15. The fourth-order valence-corrected chi connectivity index (χ4v) is 5.38. The Morgan fingerprint density at radius 2 is 1.70 bits per heavy atom. The van der Waals surface area contributed by atoms with Crippen LogP contribution in [-0.4, -0.2) is 83.0 Å². The van der Waals surface area contributed by atoms with E-state index >= 15 is 0 Å². The van der Waals surface area contributed by atoms with E-state index in [0.29, 0.717) is 18.7 Å². The van der Waals surface area contributed by atoms with Gasteiger partial charge in [-0.1, -0.05) is 57.2 Å². The smallest absolute Gasteiger partial charge is 0.253 e. The highest BCUT2D eigenvalue weighted by molar-refractivity contribution is 6.05. The van der Waals surface area contributed by atoms with Crippen LogP contribution in [0, 0.1) is 6.92 Å². The first-order valence-electron chi connectivity index (χ1n) is 14.7. The number of benzene rings is 2. The van der Waals surface area contributed by atoms with Crippen LogP contribution in [0.4, 0.5) is 0 Å². The van der Waals surface area contributed by atoms with E-state index < -0.39 is 0 Å². The molecular formula is C32H45N7O. The Hall–Kier alpha value is -3.46. The third-order valence-electron chi connectivity index (χ3n) is 7.70. The summed E-state index contributed by atoms with van der Waals surface area (Å²) in [5, 5.41) is 3.15. The maximum absolute atomic E-state index is 13.5. The zero-order valence-corrected chi connectivity index (χ0v) is 24.5. The van der Waals surface area contributed by atoms with E-state index in [1.165, 1.54) is 5.56 Å².